The Morgan fingerprint density at radius 3 is 2.68 bits per heavy atom. The molecule has 0 amide bonds. The Morgan fingerprint density at radius 1 is 1.12 bits per heavy atom. The van der Waals surface area contributed by atoms with Crippen LogP contribution in [0.25, 0.3) is 10.9 Å². The smallest absolute Gasteiger partial charge is 0.328 e. The maximum absolute atomic E-state index is 12.9. The van der Waals surface area contributed by atoms with E-state index >= 15 is 0 Å². The van der Waals surface area contributed by atoms with E-state index in [9.17, 15) is 9.59 Å². The second-order valence-corrected chi connectivity index (χ2v) is 6.73. The molecule has 1 aromatic carbocycles. The number of aromatic nitrogens is 2. The van der Waals surface area contributed by atoms with Crippen LogP contribution in [0, 0.1) is 5.92 Å². The maximum atomic E-state index is 12.9. The van der Waals surface area contributed by atoms with E-state index in [2.05, 4.69) is 9.88 Å². The van der Waals surface area contributed by atoms with Crippen molar-refractivity contribution in [3.63, 3.8) is 0 Å². The van der Waals surface area contributed by atoms with Crippen LogP contribution in [0.2, 0.25) is 0 Å². The highest BCUT2D eigenvalue weighted by molar-refractivity contribution is 5.76. The van der Waals surface area contributed by atoms with Crippen molar-refractivity contribution >= 4 is 10.9 Å². The van der Waals surface area contributed by atoms with Gasteiger partial charge in [0, 0.05) is 38.2 Å². The molecule has 7 nitrogen and oxygen atoms in total. The number of nitrogens with one attached hydrogen (secondary N) is 1. The lowest BCUT2D eigenvalue weighted by atomic mass is 9.96. The third kappa shape index (κ3) is 3.27. The van der Waals surface area contributed by atoms with Crippen molar-refractivity contribution in [1.29, 1.82) is 0 Å². The van der Waals surface area contributed by atoms with Crippen molar-refractivity contribution < 1.29 is 9.47 Å². The van der Waals surface area contributed by atoms with E-state index in [1.807, 2.05) is 12.1 Å². The molecule has 25 heavy (non-hydrogen) atoms. The van der Waals surface area contributed by atoms with Crippen LogP contribution in [0.4, 0.5) is 0 Å². The Morgan fingerprint density at radius 2 is 1.92 bits per heavy atom. The van der Waals surface area contributed by atoms with E-state index in [1.165, 1.54) is 4.57 Å². The van der Waals surface area contributed by atoms with Gasteiger partial charge in [-0.3, -0.25) is 14.3 Å². The molecule has 2 fully saturated rings. The fourth-order valence-electron chi connectivity index (χ4n) is 3.88. The monoisotopic (exact) mass is 345 g/mol. The van der Waals surface area contributed by atoms with Crippen LogP contribution in [0.15, 0.2) is 33.9 Å². The number of rotatable bonds is 4. The summed E-state index contributed by atoms with van der Waals surface area (Å²) < 4.78 is 12.4. The van der Waals surface area contributed by atoms with Crippen LogP contribution in [0.3, 0.4) is 0 Å². The molecule has 0 saturated carbocycles. The van der Waals surface area contributed by atoms with Crippen LogP contribution < -0.4 is 11.2 Å². The van der Waals surface area contributed by atoms with Gasteiger partial charge in [0.15, 0.2) is 0 Å². The summed E-state index contributed by atoms with van der Waals surface area (Å²) >= 11 is 0. The van der Waals surface area contributed by atoms with Gasteiger partial charge in [-0.25, -0.2) is 4.79 Å². The summed E-state index contributed by atoms with van der Waals surface area (Å²) in [5.74, 6) is 0.330. The fraction of sp³-hybridized carbons (Fsp3) is 0.556. The van der Waals surface area contributed by atoms with Gasteiger partial charge >= 0.3 is 5.69 Å². The quantitative estimate of drug-likeness (QED) is 0.869. The van der Waals surface area contributed by atoms with E-state index in [4.69, 9.17) is 9.47 Å². The topological polar surface area (TPSA) is 76.6 Å². The fourth-order valence-corrected chi connectivity index (χ4v) is 3.88. The summed E-state index contributed by atoms with van der Waals surface area (Å²) in [5.41, 5.74) is 0.0123. The van der Waals surface area contributed by atoms with Gasteiger partial charge in [-0.2, -0.15) is 0 Å². The first-order valence-electron chi connectivity index (χ1n) is 8.85. The van der Waals surface area contributed by atoms with Gasteiger partial charge in [-0.1, -0.05) is 12.1 Å². The molecule has 2 atom stereocenters. The maximum Gasteiger partial charge on any atom is 0.328 e. The predicted molar refractivity (Wildman–Crippen MR) is 93.9 cm³/mol. The summed E-state index contributed by atoms with van der Waals surface area (Å²) in [5, 5.41) is 0.547. The van der Waals surface area contributed by atoms with Gasteiger partial charge in [0.1, 0.15) is 0 Å². The first-order chi connectivity index (χ1) is 12.2. The molecule has 7 heteroatoms. The van der Waals surface area contributed by atoms with Crippen LogP contribution in [-0.4, -0.2) is 60.0 Å². The number of benzene rings is 1. The van der Waals surface area contributed by atoms with Crippen LogP contribution in [-0.2, 0) is 16.0 Å². The Bertz CT molecular complexity index is 847. The Balaban J connectivity index is 1.70. The molecule has 134 valence electrons. The molecule has 2 saturated heterocycles. The van der Waals surface area contributed by atoms with Crippen molar-refractivity contribution in [3.8, 4) is 0 Å². The molecule has 0 aliphatic carbocycles. The number of H-pyrrole nitrogens is 1. The second-order valence-electron chi connectivity index (χ2n) is 6.73. The van der Waals surface area contributed by atoms with Crippen molar-refractivity contribution in [1.82, 2.24) is 14.5 Å². The lowest BCUT2D eigenvalue weighted by Gasteiger charge is -2.37. The van der Waals surface area contributed by atoms with Crippen LogP contribution in [0.1, 0.15) is 6.42 Å². The minimum absolute atomic E-state index is 0.103. The average Bonchev–Trinajstić information content (AvgIpc) is 3.17. The Kier molecular flexibility index (Phi) is 4.70. The third-order valence-corrected chi connectivity index (χ3v) is 5.28. The van der Waals surface area contributed by atoms with Gasteiger partial charge in [0.25, 0.3) is 5.56 Å². The highest BCUT2D eigenvalue weighted by atomic mass is 16.5. The Labute approximate surface area is 145 Å². The molecule has 0 spiro atoms. The van der Waals surface area contributed by atoms with Gasteiger partial charge in [-0.05, 0) is 18.6 Å². The van der Waals surface area contributed by atoms with E-state index in [0.29, 0.717) is 43.2 Å². The molecule has 0 bridgehead atoms. The normalized spacial score (nSPS) is 23.1. The molecule has 1 N–H and O–H groups in total. The molecule has 1 aromatic heterocycles. The molecule has 4 rings (SSSR count). The molecule has 0 unspecified atom stereocenters. The number of morpholine rings is 1. The minimum atomic E-state index is -0.346. The highest BCUT2D eigenvalue weighted by Crippen LogP contribution is 2.23. The van der Waals surface area contributed by atoms with Crippen molar-refractivity contribution in [3.05, 3.63) is 45.1 Å². The average molecular weight is 345 g/mol. The number of fused-ring (bicyclic) bond motifs is 1. The van der Waals surface area contributed by atoms with E-state index < -0.39 is 0 Å². The van der Waals surface area contributed by atoms with E-state index in [-0.39, 0.29) is 17.3 Å². The zero-order valence-corrected chi connectivity index (χ0v) is 14.1. The lowest BCUT2D eigenvalue weighted by Crippen LogP contribution is -2.52. The molecular formula is C18H23N3O4. The zero-order chi connectivity index (χ0) is 17.2. The predicted octanol–water partition coefficient (Wildman–Crippen LogP) is 0.427. The highest BCUT2D eigenvalue weighted by Gasteiger charge is 2.32. The number of para-hydroxylation sites is 1. The largest absolute Gasteiger partial charge is 0.381 e. The standard InChI is InChI=1S/C18H23N3O4/c22-17-14-3-1-2-4-15(14)19-18(23)21(17)11-16(13-5-8-25-12-13)20-6-9-24-10-7-20/h1-4,13,16H,5-12H2,(H,19,23)/t13-,16-/m0/s1. The van der Waals surface area contributed by atoms with Crippen molar-refractivity contribution in [2.45, 2.75) is 19.0 Å². The summed E-state index contributed by atoms with van der Waals surface area (Å²) in [6.45, 7) is 4.83. The number of hydrogen-bond donors (Lipinski definition) is 1. The molecule has 2 aliphatic heterocycles. The molecule has 2 aromatic rings. The van der Waals surface area contributed by atoms with Gasteiger partial charge < -0.3 is 14.5 Å². The van der Waals surface area contributed by atoms with Crippen LogP contribution >= 0.6 is 0 Å². The summed E-state index contributed by atoms with van der Waals surface area (Å²) in [7, 11) is 0. The Hall–Kier alpha value is -1.96. The SMILES string of the molecule is O=c1[nH]c2ccccc2c(=O)n1C[C@@H]([C@H]1CCOC1)N1CCOCC1. The number of ether oxygens (including phenoxy) is 2. The number of hydrogen-bond acceptors (Lipinski definition) is 5. The van der Waals surface area contributed by atoms with Gasteiger partial charge in [-0.15, -0.1) is 0 Å². The molecule has 3 heterocycles. The van der Waals surface area contributed by atoms with Crippen molar-refractivity contribution in [2.75, 3.05) is 39.5 Å². The van der Waals surface area contributed by atoms with Gasteiger partial charge in [0.2, 0.25) is 0 Å². The number of aromatic amines is 1. The second kappa shape index (κ2) is 7.11. The molecule has 2 aliphatic rings. The summed E-state index contributed by atoms with van der Waals surface area (Å²) in [4.78, 5) is 30.5. The molecular weight excluding hydrogens is 322 g/mol. The minimum Gasteiger partial charge on any atom is -0.381 e. The first kappa shape index (κ1) is 16.5. The summed E-state index contributed by atoms with van der Waals surface area (Å²) in [6, 6.07) is 7.25. The van der Waals surface area contributed by atoms with Crippen LogP contribution in [0.5, 0.6) is 0 Å². The third-order valence-electron chi connectivity index (χ3n) is 5.28. The van der Waals surface area contributed by atoms with E-state index in [0.717, 1.165) is 26.1 Å². The van der Waals surface area contributed by atoms with Crippen molar-refractivity contribution in [2.24, 2.45) is 5.92 Å². The number of nitrogens with zero attached hydrogens (tertiary/aromatic N) is 2. The zero-order valence-electron chi connectivity index (χ0n) is 14.1. The lowest BCUT2D eigenvalue weighted by molar-refractivity contribution is -0.00389. The molecule has 0 radical (unpaired) electrons. The first-order valence-corrected chi connectivity index (χ1v) is 8.85. The summed E-state index contributed by atoms with van der Waals surface area (Å²) in [6.07, 6.45) is 0.961. The van der Waals surface area contributed by atoms with Gasteiger partial charge in [0.05, 0.1) is 30.7 Å². The van der Waals surface area contributed by atoms with E-state index in [1.54, 1.807) is 12.1 Å².